The fraction of sp³-hybridized carbons (Fsp3) is 0.455. The standard InChI is InChI=1S/C22H30N2O2/c1-25-14-5-15-26-22-10-8-19(9-11-22)16-21-18-24(13-12-23-21)17-20-6-3-2-4-7-20/h2-4,6-11,21,23H,5,12-18H2,1H3. The Bertz CT molecular complexity index is 630. The van der Waals surface area contributed by atoms with Crippen LogP contribution in [-0.4, -0.2) is 50.9 Å². The van der Waals surface area contributed by atoms with Crippen LogP contribution in [0.5, 0.6) is 5.75 Å². The molecule has 3 rings (SSSR count). The summed E-state index contributed by atoms with van der Waals surface area (Å²) in [7, 11) is 1.72. The maximum Gasteiger partial charge on any atom is 0.119 e. The lowest BCUT2D eigenvalue weighted by Crippen LogP contribution is -2.51. The molecule has 140 valence electrons. The van der Waals surface area contributed by atoms with Gasteiger partial charge in [0.2, 0.25) is 0 Å². The van der Waals surface area contributed by atoms with E-state index in [4.69, 9.17) is 9.47 Å². The van der Waals surface area contributed by atoms with Crippen LogP contribution in [0.3, 0.4) is 0 Å². The lowest BCUT2D eigenvalue weighted by molar-refractivity contribution is 0.172. The van der Waals surface area contributed by atoms with Gasteiger partial charge in [0.1, 0.15) is 5.75 Å². The van der Waals surface area contributed by atoms with E-state index >= 15 is 0 Å². The van der Waals surface area contributed by atoms with Crippen molar-refractivity contribution in [3.05, 3.63) is 65.7 Å². The summed E-state index contributed by atoms with van der Waals surface area (Å²) >= 11 is 0. The molecular weight excluding hydrogens is 324 g/mol. The Kier molecular flexibility index (Phi) is 7.50. The number of methoxy groups -OCH3 is 1. The van der Waals surface area contributed by atoms with Crippen molar-refractivity contribution in [3.8, 4) is 5.75 Å². The molecular formula is C22H30N2O2. The third-order valence-electron chi connectivity index (χ3n) is 4.76. The molecule has 2 aromatic rings. The molecule has 1 N–H and O–H groups in total. The van der Waals surface area contributed by atoms with Gasteiger partial charge in [-0.25, -0.2) is 0 Å². The van der Waals surface area contributed by atoms with Crippen molar-refractivity contribution in [1.82, 2.24) is 10.2 Å². The van der Waals surface area contributed by atoms with Crippen LogP contribution < -0.4 is 10.1 Å². The Balaban J connectivity index is 1.45. The van der Waals surface area contributed by atoms with E-state index in [0.29, 0.717) is 12.6 Å². The molecule has 2 aromatic carbocycles. The number of hydrogen-bond acceptors (Lipinski definition) is 4. The van der Waals surface area contributed by atoms with E-state index in [0.717, 1.165) is 51.4 Å². The van der Waals surface area contributed by atoms with Crippen molar-refractivity contribution < 1.29 is 9.47 Å². The Labute approximate surface area is 157 Å². The third-order valence-corrected chi connectivity index (χ3v) is 4.76. The molecule has 0 aromatic heterocycles. The van der Waals surface area contributed by atoms with Crippen LogP contribution in [0.2, 0.25) is 0 Å². The molecule has 26 heavy (non-hydrogen) atoms. The number of hydrogen-bond donors (Lipinski definition) is 1. The zero-order valence-electron chi connectivity index (χ0n) is 15.7. The Morgan fingerprint density at radius 2 is 1.81 bits per heavy atom. The van der Waals surface area contributed by atoms with Crippen molar-refractivity contribution in [2.24, 2.45) is 0 Å². The second-order valence-electron chi connectivity index (χ2n) is 6.91. The summed E-state index contributed by atoms with van der Waals surface area (Å²) in [5, 5.41) is 3.66. The van der Waals surface area contributed by atoms with E-state index in [9.17, 15) is 0 Å². The maximum absolute atomic E-state index is 5.73. The first-order chi connectivity index (χ1) is 12.8. The topological polar surface area (TPSA) is 33.7 Å². The highest BCUT2D eigenvalue weighted by molar-refractivity contribution is 5.28. The quantitative estimate of drug-likeness (QED) is 0.702. The summed E-state index contributed by atoms with van der Waals surface area (Å²) in [6.07, 6.45) is 1.97. The average Bonchev–Trinajstić information content (AvgIpc) is 2.68. The molecule has 1 aliphatic rings. The molecule has 1 atom stereocenters. The normalized spacial score (nSPS) is 18.0. The summed E-state index contributed by atoms with van der Waals surface area (Å²) in [5.41, 5.74) is 2.75. The van der Waals surface area contributed by atoms with E-state index in [1.54, 1.807) is 7.11 Å². The van der Waals surface area contributed by atoms with Crippen molar-refractivity contribution >= 4 is 0 Å². The molecule has 0 bridgehead atoms. The fourth-order valence-electron chi connectivity index (χ4n) is 3.42. The predicted molar refractivity (Wildman–Crippen MR) is 106 cm³/mol. The zero-order chi connectivity index (χ0) is 18.0. The van der Waals surface area contributed by atoms with Crippen LogP contribution in [0, 0.1) is 0 Å². The van der Waals surface area contributed by atoms with Crippen LogP contribution in [0.4, 0.5) is 0 Å². The van der Waals surface area contributed by atoms with Crippen LogP contribution in [0.1, 0.15) is 17.5 Å². The van der Waals surface area contributed by atoms with Gasteiger partial charge in [0.25, 0.3) is 0 Å². The number of ether oxygens (including phenoxy) is 2. The molecule has 0 aliphatic carbocycles. The number of piperazine rings is 1. The van der Waals surface area contributed by atoms with E-state index in [-0.39, 0.29) is 0 Å². The van der Waals surface area contributed by atoms with E-state index in [1.165, 1.54) is 11.1 Å². The average molecular weight is 354 g/mol. The lowest BCUT2D eigenvalue weighted by atomic mass is 10.0. The highest BCUT2D eigenvalue weighted by Gasteiger charge is 2.19. The van der Waals surface area contributed by atoms with Crippen molar-refractivity contribution in [2.75, 3.05) is 40.0 Å². The van der Waals surface area contributed by atoms with E-state index in [1.807, 2.05) is 0 Å². The van der Waals surface area contributed by atoms with Crippen molar-refractivity contribution in [1.29, 1.82) is 0 Å². The zero-order valence-corrected chi connectivity index (χ0v) is 15.7. The fourth-order valence-corrected chi connectivity index (χ4v) is 3.42. The Hall–Kier alpha value is -1.88. The van der Waals surface area contributed by atoms with Crippen LogP contribution in [-0.2, 0) is 17.7 Å². The summed E-state index contributed by atoms with van der Waals surface area (Å²) in [5.74, 6) is 0.937. The summed E-state index contributed by atoms with van der Waals surface area (Å²) in [4.78, 5) is 2.55. The largest absolute Gasteiger partial charge is 0.494 e. The minimum atomic E-state index is 0.501. The molecule has 0 spiro atoms. The number of nitrogens with one attached hydrogen (secondary N) is 1. The summed E-state index contributed by atoms with van der Waals surface area (Å²) < 4.78 is 10.8. The van der Waals surface area contributed by atoms with Crippen LogP contribution in [0.25, 0.3) is 0 Å². The Morgan fingerprint density at radius 1 is 1.00 bits per heavy atom. The molecule has 4 nitrogen and oxygen atoms in total. The van der Waals surface area contributed by atoms with Gasteiger partial charge in [0.05, 0.1) is 6.61 Å². The molecule has 1 saturated heterocycles. The molecule has 4 heteroatoms. The maximum atomic E-state index is 5.73. The third kappa shape index (κ3) is 6.13. The monoisotopic (exact) mass is 354 g/mol. The van der Waals surface area contributed by atoms with Gasteiger partial charge in [-0.2, -0.15) is 0 Å². The van der Waals surface area contributed by atoms with Crippen molar-refractivity contribution in [2.45, 2.75) is 25.4 Å². The summed E-state index contributed by atoms with van der Waals surface area (Å²) in [6.45, 7) is 5.73. The molecule has 0 saturated carbocycles. The Morgan fingerprint density at radius 3 is 2.58 bits per heavy atom. The van der Waals surface area contributed by atoms with Crippen molar-refractivity contribution in [3.63, 3.8) is 0 Å². The highest BCUT2D eigenvalue weighted by atomic mass is 16.5. The van der Waals surface area contributed by atoms with Gasteiger partial charge < -0.3 is 14.8 Å². The van der Waals surface area contributed by atoms with Crippen LogP contribution in [0.15, 0.2) is 54.6 Å². The van der Waals surface area contributed by atoms with Gasteiger partial charge in [0.15, 0.2) is 0 Å². The number of benzene rings is 2. The molecule has 1 unspecified atom stereocenters. The van der Waals surface area contributed by atoms with Gasteiger partial charge in [-0.1, -0.05) is 42.5 Å². The molecule has 1 aliphatic heterocycles. The van der Waals surface area contributed by atoms with Gasteiger partial charge >= 0.3 is 0 Å². The van der Waals surface area contributed by atoms with Gasteiger partial charge in [-0.15, -0.1) is 0 Å². The first kappa shape index (κ1) is 18.9. The first-order valence-electron chi connectivity index (χ1n) is 9.54. The summed E-state index contributed by atoms with van der Waals surface area (Å²) in [6, 6.07) is 19.8. The number of nitrogens with zero attached hydrogens (tertiary/aromatic N) is 1. The number of rotatable bonds is 9. The first-order valence-corrected chi connectivity index (χ1v) is 9.54. The van der Waals surface area contributed by atoms with Gasteiger partial charge in [-0.3, -0.25) is 4.90 Å². The lowest BCUT2D eigenvalue weighted by Gasteiger charge is -2.34. The SMILES string of the molecule is COCCCOc1ccc(CC2CN(Cc3ccccc3)CCN2)cc1. The smallest absolute Gasteiger partial charge is 0.119 e. The van der Waals surface area contributed by atoms with E-state index < -0.39 is 0 Å². The molecule has 1 fully saturated rings. The predicted octanol–water partition coefficient (Wildman–Crippen LogP) is 3.12. The second kappa shape index (κ2) is 10.3. The highest BCUT2D eigenvalue weighted by Crippen LogP contribution is 2.15. The minimum Gasteiger partial charge on any atom is -0.494 e. The van der Waals surface area contributed by atoms with Gasteiger partial charge in [-0.05, 0) is 29.7 Å². The molecule has 0 amide bonds. The minimum absolute atomic E-state index is 0.501. The van der Waals surface area contributed by atoms with Crippen LogP contribution >= 0.6 is 0 Å². The second-order valence-corrected chi connectivity index (χ2v) is 6.91. The molecule has 1 heterocycles. The van der Waals surface area contributed by atoms with Gasteiger partial charge in [0, 0.05) is 52.4 Å². The molecule has 0 radical (unpaired) electrons. The van der Waals surface area contributed by atoms with E-state index in [2.05, 4.69) is 64.8 Å².